The molecule has 4 aliphatic rings. The van der Waals surface area contributed by atoms with Gasteiger partial charge in [-0.2, -0.15) is 9.97 Å². The summed E-state index contributed by atoms with van der Waals surface area (Å²) in [5.41, 5.74) is 0.649. The molecule has 30 heavy (non-hydrogen) atoms. The first-order valence-corrected chi connectivity index (χ1v) is 11.1. The van der Waals surface area contributed by atoms with E-state index in [-0.39, 0.29) is 11.1 Å². The molecule has 2 saturated heterocycles. The van der Waals surface area contributed by atoms with Crippen LogP contribution in [-0.2, 0) is 0 Å². The number of alkyl halides is 1. The summed E-state index contributed by atoms with van der Waals surface area (Å²) in [5.74, 6) is 1.42. The monoisotopic (exact) mass is 413 g/mol. The van der Waals surface area contributed by atoms with Gasteiger partial charge in [-0.1, -0.05) is 0 Å². The molecule has 0 radical (unpaired) electrons. The maximum absolute atomic E-state index is 14.1. The third-order valence-corrected chi connectivity index (χ3v) is 7.89. The zero-order valence-corrected chi connectivity index (χ0v) is 17.4. The van der Waals surface area contributed by atoms with Crippen LogP contribution >= 0.6 is 0 Å². The van der Waals surface area contributed by atoms with Crippen LogP contribution in [0.3, 0.4) is 0 Å². The van der Waals surface area contributed by atoms with Gasteiger partial charge in [-0.3, -0.25) is 4.90 Å². The van der Waals surface area contributed by atoms with Crippen molar-refractivity contribution in [3.8, 4) is 11.9 Å². The minimum atomic E-state index is -0.768. The van der Waals surface area contributed by atoms with Gasteiger partial charge in [-0.05, 0) is 44.7 Å². The number of pyridine rings is 1. The molecule has 0 unspecified atom stereocenters. The van der Waals surface area contributed by atoms with Gasteiger partial charge in [0.05, 0.1) is 17.7 Å². The van der Waals surface area contributed by atoms with E-state index in [2.05, 4.69) is 26.8 Å². The van der Waals surface area contributed by atoms with Gasteiger partial charge in [0.15, 0.2) is 0 Å². The van der Waals surface area contributed by atoms with Crippen LogP contribution in [0.15, 0.2) is 12.3 Å². The van der Waals surface area contributed by atoms with Gasteiger partial charge in [-0.15, -0.1) is 0 Å². The molecule has 3 aliphatic heterocycles. The van der Waals surface area contributed by atoms with Crippen molar-refractivity contribution >= 4 is 16.7 Å². The Morgan fingerprint density at radius 1 is 1.23 bits per heavy atom. The summed E-state index contributed by atoms with van der Waals surface area (Å²) >= 11 is 0. The van der Waals surface area contributed by atoms with Gasteiger partial charge >= 0.3 is 6.01 Å². The number of halogens is 1. The number of anilines is 1. The van der Waals surface area contributed by atoms with Crippen molar-refractivity contribution in [2.75, 3.05) is 38.3 Å². The average molecular weight is 413 g/mol. The second-order valence-corrected chi connectivity index (χ2v) is 9.44. The summed E-state index contributed by atoms with van der Waals surface area (Å²) in [4.78, 5) is 18.5. The van der Waals surface area contributed by atoms with Crippen molar-refractivity contribution in [1.82, 2.24) is 19.9 Å². The minimum absolute atomic E-state index is 0.0833. The summed E-state index contributed by atoms with van der Waals surface area (Å²) < 4.78 is 26.3. The molecule has 6 rings (SSSR count). The third-order valence-electron chi connectivity index (χ3n) is 7.89. The van der Waals surface area contributed by atoms with E-state index in [1.54, 1.807) is 6.20 Å². The normalized spacial score (nSPS) is 29.9. The fraction of sp³-hybridized carbons (Fsp3) is 0.682. The van der Waals surface area contributed by atoms with Gasteiger partial charge in [0.2, 0.25) is 5.88 Å². The highest BCUT2D eigenvalue weighted by molar-refractivity contribution is 5.94. The van der Waals surface area contributed by atoms with E-state index < -0.39 is 6.17 Å². The molecule has 8 heteroatoms. The summed E-state index contributed by atoms with van der Waals surface area (Å²) in [7, 11) is 2.12. The average Bonchev–Trinajstić information content (AvgIpc) is 3.22. The maximum Gasteiger partial charge on any atom is 0.319 e. The highest BCUT2D eigenvalue weighted by Crippen LogP contribution is 2.46. The Balaban J connectivity index is 1.37. The van der Waals surface area contributed by atoms with Crippen LogP contribution < -0.4 is 14.4 Å². The fourth-order valence-corrected chi connectivity index (χ4v) is 5.98. The molecular weight excluding hydrogens is 385 g/mol. The quantitative estimate of drug-likeness (QED) is 0.766. The van der Waals surface area contributed by atoms with E-state index in [1.165, 1.54) is 6.42 Å². The number of nitrogens with zero attached hydrogens (tertiary/aromatic N) is 5. The van der Waals surface area contributed by atoms with Crippen LogP contribution in [0, 0.1) is 0 Å². The zero-order valence-electron chi connectivity index (χ0n) is 17.4. The predicted octanol–water partition coefficient (Wildman–Crippen LogP) is 3.12. The molecule has 0 N–H and O–H groups in total. The van der Waals surface area contributed by atoms with Crippen molar-refractivity contribution in [2.24, 2.45) is 0 Å². The lowest BCUT2D eigenvalue weighted by Crippen LogP contribution is -2.54. The molecule has 0 aromatic carbocycles. The van der Waals surface area contributed by atoms with Crippen molar-refractivity contribution in [1.29, 1.82) is 0 Å². The van der Waals surface area contributed by atoms with Crippen LogP contribution in [0.25, 0.3) is 10.9 Å². The summed E-state index contributed by atoms with van der Waals surface area (Å²) in [5, 5.41) is 0.851. The van der Waals surface area contributed by atoms with Gasteiger partial charge < -0.3 is 14.4 Å². The lowest BCUT2D eigenvalue weighted by Gasteiger charge is -2.50. The maximum atomic E-state index is 14.1. The van der Waals surface area contributed by atoms with Crippen molar-refractivity contribution in [2.45, 2.75) is 62.2 Å². The van der Waals surface area contributed by atoms with Gasteiger partial charge in [0.1, 0.15) is 24.0 Å². The third kappa shape index (κ3) is 2.69. The van der Waals surface area contributed by atoms with E-state index in [0.29, 0.717) is 38.1 Å². The summed E-state index contributed by atoms with van der Waals surface area (Å²) in [6, 6.07) is 2.25. The van der Waals surface area contributed by atoms with E-state index in [0.717, 1.165) is 55.4 Å². The minimum Gasteiger partial charge on any atom is -0.477 e. The molecule has 0 amide bonds. The van der Waals surface area contributed by atoms with Crippen molar-refractivity contribution < 1.29 is 13.9 Å². The first-order chi connectivity index (χ1) is 14.6. The van der Waals surface area contributed by atoms with Gasteiger partial charge in [0.25, 0.3) is 0 Å². The molecule has 1 spiro atoms. The smallest absolute Gasteiger partial charge is 0.319 e. The SMILES string of the molecule is CN1c2nc(OC[C@@]34CCCN3C[C@H](F)C4)nc3ccnc(c23)OCCC12CCC2. The standard InChI is InChI=1S/C22H28FN5O2/c1-27-18-17-16(4-9-24-19(17)29-11-8-21(27)5-2-6-21)25-20(26-18)30-14-22-7-3-10-28(22)13-15(23)12-22/h4,9,15H,2-3,5-8,10-14H2,1H3/t15-,22+/m1/s1. The van der Waals surface area contributed by atoms with E-state index in [4.69, 9.17) is 14.5 Å². The first-order valence-electron chi connectivity index (χ1n) is 11.1. The molecule has 2 atom stereocenters. The molecule has 160 valence electrons. The lowest BCUT2D eigenvalue weighted by molar-refractivity contribution is 0.107. The summed E-state index contributed by atoms with van der Waals surface area (Å²) in [6.45, 7) is 2.55. The van der Waals surface area contributed by atoms with E-state index >= 15 is 0 Å². The molecule has 5 heterocycles. The highest BCUT2D eigenvalue weighted by atomic mass is 19.1. The number of hydrogen-bond acceptors (Lipinski definition) is 7. The van der Waals surface area contributed by atoms with Crippen LogP contribution in [0.4, 0.5) is 10.2 Å². The Hall–Kier alpha value is -2.22. The Morgan fingerprint density at radius 3 is 2.97 bits per heavy atom. The number of aromatic nitrogens is 3. The first kappa shape index (κ1) is 18.5. The largest absolute Gasteiger partial charge is 0.477 e. The molecule has 1 aliphatic carbocycles. The molecule has 7 nitrogen and oxygen atoms in total. The molecule has 2 aromatic rings. The Kier molecular flexibility index (Phi) is 4.10. The molecular formula is C22H28FN5O2. The van der Waals surface area contributed by atoms with Crippen LogP contribution in [-0.4, -0.2) is 70.5 Å². The molecule has 1 saturated carbocycles. The topological polar surface area (TPSA) is 63.6 Å². The Bertz CT molecular complexity index is 983. The van der Waals surface area contributed by atoms with E-state index in [9.17, 15) is 4.39 Å². The Morgan fingerprint density at radius 2 is 2.13 bits per heavy atom. The predicted molar refractivity (Wildman–Crippen MR) is 111 cm³/mol. The Labute approximate surface area is 175 Å². The van der Waals surface area contributed by atoms with Crippen molar-refractivity contribution in [3.63, 3.8) is 0 Å². The second kappa shape index (κ2) is 6.64. The van der Waals surface area contributed by atoms with Gasteiger partial charge in [-0.25, -0.2) is 9.37 Å². The number of rotatable bonds is 3. The van der Waals surface area contributed by atoms with Crippen LogP contribution in [0.2, 0.25) is 0 Å². The molecule has 2 aromatic heterocycles. The number of fused-ring (bicyclic) bond motifs is 1. The highest BCUT2D eigenvalue weighted by Gasteiger charge is 2.49. The van der Waals surface area contributed by atoms with E-state index in [1.807, 2.05) is 6.07 Å². The van der Waals surface area contributed by atoms with Gasteiger partial charge in [0, 0.05) is 38.2 Å². The molecule has 0 bridgehead atoms. The lowest BCUT2D eigenvalue weighted by atomic mass is 9.73. The fourth-order valence-electron chi connectivity index (χ4n) is 5.98. The summed E-state index contributed by atoms with van der Waals surface area (Å²) in [6.07, 6.45) is 8.02. The van der Waals surface area contributed by atoms with Crippen molar-refractivity contribution in [3.05, 3.63) is 12.3 Å². The van der Waals surface area contributed by atoms with Crippen LogP contribution in [0.1, 0.15) is 44.9 Å². The molecule has 3 fully saturated rings. The second-order valence-electron chi connectivity index (χ2n) is 9.44. The number of hydrogen-bond donors (Lipinski definition) is 0. The zero-order chi connectivity index (χ0) is 20.3. The number of ether oxygens (including phenoxy) is 2. The van der Waals surface area contributed by atoms with Crippen LogP contribution in [0.5, 0.6) is 11.9 Å².